The highest BCUT2D eigenvalue weighted by molar-refractivity contribution is 9.10. The molecule has 0 bridgehead atoms. The lowest BCUT2D eigenvalue weighted by atomic mass is 9.98. The number of benzene rings is 2. The highest BCUT2D eigenvalue weighted by Gasteiger charge is 2.25. The molecule has 0 N–H and O–H groups in total. The van der Waals surface area contributed by atoms with Gasteiger partial charge in [-0.3, -0.25) is 0 Å². The van der Waals surface area contributed by atoms with E-state index in [1.165, 1.54) is 16.7 Å². The summed E-state index contributed by atoms with van der Waals surface area (Å²) < 4.78 is 5.62. The summed E-state index contributed by atoms with van der Waals surface area (Å²) in [4.78, 5) is 0. The van der Waals surface area contributed by atoms with E-state index in [-0.39, 0.29) is 0 Å². The van der Waals surface area contributed by atoms with Gasteiger partial charge in [0.1, 0.15) is 4.51 Å². The minimum atomic E-state index is -0.402. The van der Waals surface area contributed by atoms with Crippen molar-refractivity contribution in [1.82, 2.24) is 0 Å². The fourth-order valence-corrected chi connectivity index (χ4v) is 2.74. The molecule has 21 heavy (non-hydrogen) atoms. The molecule has 2 aromatic rings. The van der Waals surface area contributed by atoms with E-state index >= 15 is 0 Å². The third kappa shape index (κ3) is 3.72. The molecule has 1 aliphatic rings. The SMILES string of the molecule is BrC1(OCc2ccccc2)C=CC(c2ccccc2)=CC1. The second-order valence-corrected chi connectivity index (χ2v) is 6.47. The minimum Gasteiger partial charge on any atom is -0.355 e. The van der Waals surface area contributed by atoms with Gasteiger partial charge in [-0.2, -0.15) is 0 Å². The maximum absolute atomic E-state index is 6.03. The zero-order valence-electron chi connectivity index (χ0n) is 11.7. The Bertz CT molecular complexity index is 646. The van der Waals surface area contributed by atoms with Crippen LogP contribution < -0.4 is 0 Å². The van der Waals surface area contributed by atoms with Crippen molar-refractivity contribution in [2.24, 2.45) is 0 Å². The van der Waals surface area contributed by atoms with Gasteiger partial charge in [0.15, 0.2) is 0 Å². The van der Waals surface area contributed by atoms with Crippen molar-refractivity contribution in [3.63, 3.8) is 0 Å². The van der Waals surface area contributed by atoms with Crippen LogP contribution in [0.3, 0.4) is 0 Å². The van der Waals surface area contributed by atoms with Crippen LogP contribution in [0.15, 0.2) is 78.9 Å². The molecule has 1 nitrogen and oxygen atoms in total. The van der Waals surface area contributed by atoms with Crippen molar-refractivity contribution >= 4 is 21.5 Å². The van der Waals surface area contributed by atoms with E-state index < -0.39 is 4.51 Å². The Balaban J connectivity index is 1.64. The first kappa shape index (κ1) is 14.3. The van der Waals surface area contributed by atoms with E-state index in [9.17, 15) is 0 Å². The average molecular weight is 341 g/mol. The van der Waals surface area contributed by atoms with Crippen LogP contribution in [0.5, 0.6) is 0 Å². The number of allylic oxidation sites excluding steroid dienone is 2. The van der Waals surface area contributed by atoms with Crippen molar-refractivity contribution in [3.8, 4) is 0 Å². The molecule has 0 fully saturated rings. The maximum Gasteiger partial charge on any atom is 0.145 e. The van der Waals surface area contributed by atoms with Crippen molar-refractivity contribution < 1.29 is 4.74 Å². The number of ether oxygens (including phenoxy) is 1. The van der Waals surface area contributed by atoms with E-state index in [1.54, 1.807) is 0 Å². The largest absolute Gasteiger partial charge is 0.355 e. The van der Waals surface area contributed by atoms with Gasteiger partial charge >= 0.3 is 0 Å². The van der Waals surface area contributed by atoms with Gasteiger partial charge in [0.05, 0.1) is 6.61 Å². The molecule has 0 spiro atoms. The molecule has 0 aliphatic heterocycles. The molecule has 106 valence electrons. The van der Waals surface area contributed by atoms with E-state index in [0.717, 1.165) is 6.42 Å². The standard InChI is InChI=1S/C19H17BrO/c20-19(21-15-16-7-3-1-4-8-16)13-11-18(12-14-19)17-9-5-2-6-10-17/h1-13H,14-15H2. The molecular weight excluding hydrogens is 324 g/mol. The summed E-state index contributed by atoms with van der Waals surface area (Å²) in [7, 11) is 0. The van der Waals surface area contributed by atoms with Crippen LogP contribution in [0.4, 0.5) is 0 Å². The predicted molar refractivity (Wildman–Crippen MR) is 91.1 cm³/mol. The summed E-state index contributed by atoms with van der Waals surface area (Å²) in [6, 6.07) is 20.6. The number of hydrogen-bond donors (Lipinski definition) is 0. The van der Waals surface area contributed by atoms with Gasteiger partial charge in [-0.15, -0.1) is 0 Å². The zero-order valence-corrected chi connectivity index (χ0v) is 13.3. The molecule has 0 amide bonds. The summed E-state index contributed by atoms with van der Waals surface area (Å²) in [5.41, 5.74) is 3.67. The summed E-state index contributed by atoms with van der Waals surface area (Å²) in [6.45, 7) is 0.602. The fourth-order valence-electron chi connectivity index (χ4n) is 2.33. The molecule has 2 aromatic carbocycles. The lowest BCUT2D eigenvalue weighted by Gasteiger charge is -2.26. The summed E-state index contributed by atoms with van der Waals surface area (Å²) in [6.07, 6.45) is 7.26. The van der Waals surface area contributed by atoms with Crippen molar-refractivity contribution in [2.75, 3.05) is 0 Å². The summed E-state index contributed by atoms with van der Waals surface area (Å²) >= 11 is 3.70. The van der Waals surface area contributed by atoms with Crippen LogP contribution in [-0.4, -0.2) is 4.51 Å². The van der Waals surface area contributed by atoms with Gasteiger partial charge in [0.2, 0.25) is 0 Å². The number of alkyl halides is 1. The smallest absolute Gasteiger partial charge is 0.145 e. The third-order valence-corrected chi connectivity index (χ3v) is 4.36. The van der Waals surface area contributed by atoms with E-state index in [1.807, 2.05) is 24.3 Å². The highest BCUT2D eigenvalue weighted by atomic mass is 79.9. The van der Waals surface area contributed by atoms with Gasteiger partial charge in [0, 0.05) is 6.42 Å². The molecule has 0 saturated carbocycles. The van der Waals surface area contributed by atoms with Crippen molar-refractivity contribution in [1.29, 1.82) is 0 Å². The molecule has 0 saturated heterocycles. The van der Waals surface area contributed by atoms with Crippen LogP contribution in [0.1, 0.15) is 17.5 Å². The van der Waals surface area contributed by atoms with Gasteiger partial charge < -0.3 is 4.74 Å². The van der Waals surface area contributed by atoms with Crippen molar-refractivity contribution in [3.05, 3.63) is 90.0 Å². The topological polar surface area (TPSA) is 9.23 Å². The number of hydrogen-bond acceptors (Lipinski definition) is 1. The second-order valence-electron chi connectivity index (χ2n) is 5.12. The van der Waals surface area contributed by atoms with Gasteiger partial charge in [-0.25, -0.2) is 0 Å². The Morgan fingerprint density at radius 2 is 1.62 bits per heavy atom. The zero-order chi connectivity index (χ0) is 14.5. The quantitative estimate of drug-likeness (QED) is 0.682. The average Bonchev–Trinajstić information content (AvgIpc) is 2.56. The number of rotatable bonds is 4. The number of halogens is 1. The molecule has 2 heteroatoms. The molecule has 0 radical (unpaired) electrons. The monoisotopic (exact) mass is 340 g/mol. The third-order valence-electron chi connectivity index (χ3n) is 3.54. The summed E-state index contributed by atoms with van der Waals surface area (Å²) in [5, 5.41) is 0. The van der Waals surface area contributed by atoms with Crippen LogP contribution in [0.25, 0.3) is 5.57 Å². The first-order valence-corrected chi connectivity index (χ1v) is 7.86. The highest BCUT2D eigenvalue weighted by Crippen LogP contribution is 2.34. The Morgan fingerprint density at radius 1 is 0.952 bits per heavy atom. The first-order valence-electron chi connectivity index (χ1n) is 7.07. The Labute approximate surface area is 134 Å². The van der Waals surface area contributed by atoms with E-state index in [4.69, 9.17) is 4.74 Å². The second kappa shape index (κ2) is 6.42. The molecule has 1 atom stereocenters. The molecule has 3 rings (SSSR count). The van der Waals surface area contributed by atoms with Crippen LogP contribution >= 0.6 is 15.9 Å². The van der Waals surface area contributed by atoms with Gasteiger partial charge in [0.25, 0.3) is 0 Å². The fraction of sp³-hybridized carbons (Fsp3) is 0.158. The summed E-state index contributed by atoms with van der Waals surface area (Å²) in [5.74, 6) is 0. The van der Waals surface area contributed by atoms with Crippen LogP contribution in [-0.2, 0) is 11.3 Å². The van der Waals surface area contributed by atoms with Gasteiger partial charge in [-0.05, 0) is 38.7 Å². The van der Waals surface area contributed by atoms with Crippen LogP contribution in [0.2, 0.25) is 0 Å². The Morgan fingerprint density at radius 3 is 2.24 bits per heavy atom. The Kier molecular flexibility index (Phi) is 4.37. The molecular formula is C19H17BrO. The lowest BCUT2D eigenvalue weighted by molar-refractivity contribution is 0.0534. The normalized spacial score (nSPS) is 21.1. The predicted octanol–water partition coefficient (Wildman–Crippen LogP) is 5.34. The molecule has 0 aromatic heterocycles. The molecule has 1 aliphatic carbocycles. The molecule has 0 heterocycles. The van der Waals surface area contributed by atoms with E-state index in [0.29, 0.717) is 6.61 Å². The molecule has 1 unspecified atom stereocenters. The van der Waals surface area contributed by atoms with Gasteiger partial charge in [-0.1, -0.05) is 72.8 Å². The maximum atomic E-state index is 6.03. The Hall–Kier alpha value is -1.64. The first-order chi connectivity index (χ1) is 10.3. The van der Waals surface area contributed by atoms with Crippen molar-refractivity contribution in [2.45, 2.75) is 17.5 Å². The van der Waals surface area contributed by atoms with E-state index in [2.05, 4.69) is 70.6 Å². The lowest BCUT2D eigenvalue weighted by Crippen LogP contribution is -2.23. The minimum absolute atomic E-state index is 0.402. The van der Waals surface area contributed by atoms with Crippen LogP contribution in [0, 0.1) is 0 Å².